The summed E-state index contributed by atoms with van der Waals surface area (Å²) in [6.45, 7) is 6.30. The van der Waals surface area contributed by atoms with Gasteiger partial charge in [-0.15, -0.1) is 11.3 Å². The Labute approximate surface area is 176 Å². The molecule has 2 heterocycles. The summed E-state index contributed by atoms with van der Waals surface area (Å²) >= 11 is 1.60. The molecule has 29 heavy (non-hydrogen) atoms. The van der Waals surface area contributed by atoms with Crippen LogP contribution in [0.15, 0.2) is 47.5 Å². The van der Waals surface area contributed by atoms with Gasteiger partial charge in [0.05, 0.1) is 12.3 Å². The molecule has 3 aromatic rings. The zero-order valence-electron chi connectivity index (χ0n) is 17.2. The van der Waals surface area contributed by atoms with E-state index in [9.17, 15) is 9.00 Å². The molecule has 5 nitrogen and oxygen atoms in total. The van der Waals surface area contributed by atoms with Crippen LogP contribution in [-0.4, -0.2) is 38.5 Å². The van der Waals surface area contributed by atoms with E-state index in [1.54, 1.807) is 24.5 Å². The number of thiophene rings is 1. The van der Waals surface area contributed by atoms with Crippen LogP contribution in [0.5, 0.6) is 0 Å². The highest BCUT2D eigenvalue weighted by molar-refractivity contribution is 7.99. The molecule has 0 saturated carbocycles. The Morgan fingerprint density at radius 1 is 1.31 bits per heavy atom. The third-order valence-corrected chi connectivity index (χ3v) is 6.83. The fourth-order valence-corrected chi connectivity index (χ4v) is 4.65. The SMILES string of the molecule is C=S(C)(=O)c1cccc(-c2ccc(-n3cc(C(C)C)nc3CC(=O)OCC)s2)c1. The Kier molecular flexibility index (Phi) is 6.29. The van der Waals surface area contributed by atoms with Crippen molar-refractivity contribution >= 4 is 32.7 Å². The van der Waals surface area contributed by atoms with E-state index in [1.807, 2.05) is 47.2 Å². The van der Waals surface area contributed by atoms with Crippen LogP contribution in [-0.2, 0) is 25.5 Å². The highest BCUT2D eigenvalue weighted by atomic mass is 32.2. The van der Waals surface area contributed by atoms with Gasteiger partial charge in [-0.25, -0.2) is 4.98 Å². The Balaban J connectivity index is 1.99. The molecule has 0 aliphatic rings. The monoisotopic (exact) mass is 430 g/mol. The Morgan fingerprint density at radius 3 is 2.72 bits per heavy atom. The van der Waals surface area contributed by atoms with Gasteiger partial charge in [0.15, 0.2) is 0 Å². The van der Waals surface area contributed by atoms with Crippen molar-refractivity contribution < 1.29 is 13.7 Å². The fourth-order valence-electron chi connectivity index (χ4n) is 2.90. The molecule has 3 rings (SSSR count). The molecular weight excluding hydrogens is 404 g/mol. The predicted octanol–water partition coefficient (Wildman–Crippen LogP) is 4.53. The number of aromatic nitrogens is 2. The van der Waals surface area contributed by atoms with E-state index >= 15 is 0 Å². The number of esters is 1. The Hall–Kier alpha value is -2.38. The van der Waals surface area contributed by atoms with Crippen molar-refractivity contribution in [2.75, 3.05) is 12.9 Å². The molecule has 0 spiro atoms. The number of carbonyl (C=O) groups is 1. The molecule has 0 aliphatic carbocycles. The van der Waals surface area contributed by atoms with Crippen LogP contribution in [0, 0.1) is 0 Å². The number of hydrogen-bond acceptors (Lipinski definition) is 5. The number of imidazole rings is 1. The molecule has 1 unspecified atom stereocenters. The molecule has 2 aromatic heterocycles. The van der Waals surface area contributed by atoms with Gasteiger partial charge in [-0.3, -0.25) is 13.6 Å². The summed E-state index contributed by atoms with van der Waals surface area (Å²) in [5.74, 6) is 4.41. The van der Waals surface area contributed by atoms with E-state index in [0.717, 1.165) is 26.0 Å². The number of hydrogen-bond donors (Lipinski definition) is 0. The first-order valence-corrected chi connectivity index (χ1v) is 12.4. The highest BCUT2D eigenvalue weighted by Gasteiger charge is 2.17. The van der Waals surface area contributed by atoms with E-state index in [-0.39, 0.29) is 18.3 Å². The Bertz CT molecular complexity index is 1120. The number of ether oxygens (including phenoxy) is 1. The lowest BCUT2D eigenvalue weighted by Crippen LogP contribution is -2.11. The van der Waals surface area contributed by atoms with E-state index in [4.69, 9.17) is 4.74 Å². The number of nitrogens with zero attached hydrogens (tertiary/aromatic N) is 2. The Morgan fingerprint density at radius 2 is 2.07 bits per heavy atom. The van der Waals surface area contributed by atoms with Gasteiger partial charge >= 0.3 is 5.97 Å². The molecule has 0 bridgehead atoms. The van der Waals surface area contributed by atoms with Crippen LogP contribution in [0.4, 0.5) is 0 Å². The van der Waals surface area contributed by atoms with Gasteiger partial charge in [-0.05, 0) is 58.1 Å². The van der Waals surface area contributed by atoms with Gasteiger partial charge in [-0.2, -0.15) is 0 Å². The second-order valence-corrected chi connectivity index (χ2v) is 10.8. The molecule has 0 radical (unpaired) electrons. The predicted molar refractivity (Wildman–Crippen MR) is 121 cm³/mol. The zero-order valence-corrected chi connectivity index (χ0v) is 18.8. The maximum atomic E-state index is 12.3. The lowest BCUT2D eigenvalue weighted by atomic mass is 10.2. The minimum absolute atomic E-state index is 0.128. The summed E-state index contributed by atoms with van der Waals surface area (Å²) in [6.07, 6.45) is 3.76. The molecule has 0 N–H and O–H groups in total. The molecule has 0 aliphatic heterocycles. The molecule has 0 saturated heterocycles. The van der Waals surface area contributed by atoms with Gasteiger partial charge < -0.3 is 4.74 Å². The van der Waals surface area contributed by atoms with E-state index in [2.05, 4.69) is 24.7 Å². The maximum absolute atomic E-state index is 12.3. The smallest absolute Gasteiger partial charge is 0.313 e. The normalized spacial score (nSPS) is 13.4. The summed E-state index contributed by atoms with van der Waals surface area (Å²) in [7, 11) is -2.27. The average Bonchev–Trinajstić information content (AvgIpc) is 3.28. The summed E-state index contributed by atoms with van der Waals surface area (Å²) in [5, 5.41) is 0.968. The average molecular weight is 431 g/mol. The quantitative estimate of drug-likeness (QED) is 0.408. The van der Waals surface area contributed by atoms with Gasteiger partial charge in [0, 0.05) is 22.2 Å². The molecule has 0 fully saturated rings. The van der Waals surface area contributed by atoms with E-state index in [0.29, 0.717) is 12.4 Å². The fraction of sp³-hybridized carbons (Fsp3) is 0.318. The molecule has 154 valence electrons. The minimum Gasteiger partial charge on any atom is -0.466 e. The second-order valence-electron chi connectivity index (χ2n) is 7.26. The van der Waals surface area contributed by atoms with Crippen LogP contribution in [0.1, 0.15) is 38.2 Å². The van der Waals surface area contributed by atoms with Crippen LogP contribution >= 0.6 is 11.3 Å². The van der Waals surface area contributed by atoms with Gasteiger partial charge in [0.2, 0.25) is 0 Å². The first-order chi connectivity index (χ1) is 13.7. The topological polar surface area (TPSA) is 61.2 Å². The molecule has 0 amide bonds. The van der Waals surface area contributed by atoms with Crippen molar-refractivity contribution in [3.8, 4) is 15.4 Å². The van der Waals surface area contributed by atoms with Gasteiger partial charge in [-0.1, -0.05) is 26.0 Å². The molecule has 1 atom stereocenters. The van der Waals surface area contributed by atoms with Crippen molar-refractivity contribution in [1.82, 2.24) is 9.55 Å². The standard InChI is InChI=1S/C22H26N2O3S2/c1-6-27-22(25)13-20-23-18(15(2)3)14-24(20)21-11-10-19(28-21)16-8-7-9-17(12-16)29(4,5)26/h7-12,14-15H,4,6,13H2,1-3,5H3. The number of rotatable bonds is 7. The summed E-state index contributed by atoms with van der Waals surface area (Å²) in [4.78, 5) is 18.5. The van der Waals surface area contributed by atoms with Crippen molar-refractivity contribution in [1.29, 1.82) is 0 Å². The summed E-state index contributed by atoms with van der Waals surface area (Å²) < 4.78 is 19.4. The van der Waals surface area contributed by atoms with Crippen LogP contribution < -0.4 is 0 Å². The van der Waals surface area contributed by atoms with Crippen molar-refractivity contribution in [2.45, 2.75) is 38.0 Å². The van der Waals surface area contributed by atoms with Crippen molar-refractivity contribution in [3.63, 3.8) is 0 Å². The van der Waals surface area contributed by atoms with Gasteiger partial charge in [0.25, 0.3) is 0 Å². The first-order valence-electron chi connectivity index (χ1n) is 9.45. The summed E-state index contributed by atoms with van der Waals surface area (Å²) in [6, 6.07) is 11.7. The lowest BCUT2D eigenvalue weighted by Gasteiger charge is -2.06. The number of carbonyl (C=O) groups excluding carboxylic acids is 1. The molecular formula is C22H26N2O3S2. The highest BCUT2D eigenvalue weighted by Crippen LogP contribution is 2.33. The zero-order chi connectivity index (χ0) is 21.2. The van der Waals surface area contributed by atoms with E-state index in [1.165, 1.54) is 0 Å². The minimum atomic E-state index is -2.27. The number of benzene rings is 1. The molecule has 1 aromatic carbocycles. The summed E-state index contributed by atoms with van der Waals surface area (Å²) in [5.41, 5.74) is 1.93. The van der Waals surface area contributed by atoms with Crippen LogP contribution in [0.3, 0.4) is 0 Å². The first kappa shape index (κ1) is 21.3. The lowest BCUT2D eigenvalue weighted by molar-refractivity contribution is -0.142. The largest absolute Gasteiger partial charge is 0.466 e. The van der Waals surface area contributed by atoms with Crippen molar-refractivity contribution in [2.24, 2.45) is 0 Å². The second kappa shape index (κ2) is 8.55. The maximum Gasteiger partial charge on any atom is 0.313 e. The third-order valence-electron chi connectivity index (χ3n) is 4.44. The van der Waals surface area contributed by atoms with Gasteiger partial charge in [0.1, 0.15) is 17.2 Å². The van der Waals surface area contributed by atoms with Crippen LogP contribution in [0.25, 0.3) is 15.4 Å². The van der Waals surface area contributed by atoms with Crippen LogP contribution in [0.2, 0.25) is 0 Å². The molecule has 7 heteroatoms. The third kappa shape index (κ3) is 4.97. The van der Waals surface area contributed by atoms with Crippen molar-refractivity contribution in [3.05, 3.63) is 54.1 Å². The van der Waals surface area contributed by atoms with E-state index < -0.39 is 9.52 Å².